The number of hydrogen-bond donors (Lipinski definition) is 0. The lowest BCUT2D eigenvalue weighted by Crippen LogP contribution is -2.36. The fraction of sp³-hybridized carbons (Fsp3) is 0.500. The van der Waals surface area contributed by atoms with E-state index < -0.39 is 0 Å². The van der Waals surface area contributed by atoms with Gasteiger partial charge in [-0.2, -0.15) is 0 Å². The van der Waals surface area contributed by atoms with Gasteiger partial charge >= 0.3 is 0 Å². The van der Waals surface area contributed by atoms with E-state index in [1.165, 1.54) is 5.06 Å². The molecule has 98 valence electrons. The molecular formula is C14H19NO3. The average Bonchev–Trinajstić information content (AvgIpc) is 2.40. The third-order valence-corrected chi connectivity index (χ3v) is 3.06. The van der Waals surface area contributed by atoms with Crippen molar-refractivity contribution in [2.24, 2.45) is 0 Å². The van der Waals surface area contributed by atoms with Gasteiger partial charge in [-0.05, 0) is 25.8 Å². The molecule has 0 atom stereocenters. The maximum atomic E-state index is 12.1. The van der Waals surface area contributed by atoms with Gasteiger partial charge in [0.25, 0.3) is 5.91 Å². The van der Waals surface area contributed by atoms with Gasteiger partial charge in [0, 0.05) is 12.1 Å². The fourth-order valence-electron chi connectivity index (χ4n) is 2.09. The van der Waals surface area contributed by atoms with E-state index in [0.29, 0.717) is 19.6 Å². The van der Waals surface area contributed by atoms with Crippen molar-refractivity contribution in [2.45, 2.75) is 26.2 Å². The molecule has 0 aliphatic carbocycles. The van der Waals surface area contributed by atoms with Gasteiger partial charge in [-0.3, -0.25) is 9.63 Å². The van der Waals surface area contributed by atoms with Crippen LogP contribution in [-0.2, 0) is 16.1 Å². The van der Waals surface area contributed by atoms with Crippen LogP contribution in [0.5, 0.6) is 5.75 Å². The lowest BCUT2D eigenvalue weighted by atomic mass is 10.1. The summed E-state index contributed by atoms with van der Waals surface area (Å²) in [6.07, 6.45) is 2.36. The lowest BCUT2D eigenvalue weighted by molar-refractivity contribution is -0.196. The van der Waals surface area contributed by atoms with Gasteiger partial charge in [0.05, 0.1) is 20.1 Å². The highest BCUT2D eigenvalue weighted by molar-refractivity contribution is 5.78. The summed E-state index contributed by atoms with van der Waals surface area (Å²) < 4.78 is 5.28. The lowest BCUT2D eigenvalue weighted by Gasteiger charge is -2.26. The molecule has 1 aromatic rings. The third-order valence-electron chi connectivity index (χ3n) is 3.06. The van der Waals surface area contributed by atoms with E-state index in [9.17, 15) is 4.79 Å². The maximum absolute atomic E-state index is 12.1. The van der Waals surface area contributed by atoms with E-state index in [4.69, 9.17) is 9.57 Å². The van der Waals surface area contributed by atoms with Gasteiger partial charge in [0.1, 0.15) is 5.75 Å². The number of amides is 1. The minimum atomic E-state index is -0.00130. The number of hydrogen-bond acceptors (Lipinski definition) is 3. The van der Waals surface area contributed by atoms with Crippen LogP contribution in [0, 0.1) is 6.92 Å². The first kappa shape index (κ1) is 12.9. The second-order valence-corrected chi connectivity index (χ2v) is 4.53. The predicted molar refractivity (Wildman–Crippen MR) is 68.3 cm³/mol. The van der Waals surface area contributed by atoms with Crippen molar-refractivity contribution in [1.82, 2.24) is 5.06 Å². The number of hydroxylamine groups is 2. The molecule has 0 unspecified atom stereocenters. The van der Waals surface area contributed by atoms with Crippen molar-refractivity contribution in [3.8, 4) is 5.75 Å². The molecule has 1 amide bonds. The van der Waals surface area contributed by atoms with Crippen LogP contribution < -0.4 is 4.74 Å². The Balaban J connectivity index is 2.07. The minimum absolute atomic E-state index is 0.00130. The van der Waals surface area contributed by atoms with E-state index in [2.05, 4.69) is 0 Å². The van der Waals surface area contributed by atoms with Crippen LogP contribution in [0.15, 0.2) is 18.2 Å². The Hall–Kier alpha value is -1.55. The number of methoxy groups -OCH3 is 1. The number of carbonyl (C=O) groups is 1. The largest absolute Gasteiger partial charge is 0.496 e. The highest BCUT2D eigenvalue weighted by Crippen LogP contribution is 2.21. The predicted octanol–water partition coefficient (Wildman–Crippen LogP) is 2.10. The van der Waals surface area contributed by atoms with Gasteiger partial charge in [0.2, 0.25) is 0 Å². The molecule has 18 heavy (non-hydrogen) atoms. The van der Waals surface area contributed by atoms with E-state index in [1.54, 1.807) is 7.11 Å². The molecule has 1 heterocycles. The van der Waals surface area contributed by atoms with Gasteiger partial charge in [-0.25, -0.2) is 5.06 Å². The van der Waals surface area contributed by atoms with E-state index in [-0.39, 0.29) is 5.91 Å². The first-order chi connectivity index (χ1) is 8.70. The molecule has 0 aromatic heterocycles. The van der Waals surface area contributed by atoms with Crippen LogP contribution in [0.1, 0.15) is 24.0 Å². The van der Waals surface area contributed by atoms with Crippen LogP contribution in [0.3, 0.4) is 0 Å². The van der Waals surface area contributed by atoms with Crippen molar-refractivity contribution in [3.63, 3.8) is 0 Å². The van der Waals surface area contributed by atoms with Crippen molar-refractivity contribution in [1.29, 1.82) is 0 Å². The van der Waals surface area contributed by atoms with E-state index in [0.717, 1.165) is 29.7 Å². The number of rotatable bonds is 3. The van der Waals surface area contributed by atoms with E-state index >= 15 is 0 Å². The summed E-state index contributed by atoms with van der Waals surface area (Å²) in [7, 11) is 1.62. The van der Waals surface area contributed by atoms with Crippen molar-refractivity contribution in [3.05, 3.63) is 29.3 Å². The second-order valence-electron chi connectivity index (χ2n) is 4.53. The Labute approximate surface area is 107 Å². The number of benzene rings is 1. The minimum Gasteiger partial charge on any atom is -0.496 e. The molecule has 0 spiro atoms. The number of ether oxygens (including phenoxy) is 1. The molecule has 1 aliphatic rings. The molecular weight excluding hydrogens is 230 g/mol. The summed E-state index contributed by atoms with van der Waals surface area (Å²) in [6, 6.07) is 5.86. The topological polar surface area (TPSA) is 38.8 Å². The molecule has 1 fully saturated rings. The zero-order valence-corrected chi connectivity index (χ0v) is 10.9. The highest BCUT2D eigenvalue weighted by Gasteiger charge is 2.19. The Morgan fingerprint density at radius 3 is 2.94 bits per heavy atom. The second kappa shape index (κ2) is 5.87. The summed E-state index contributed by atoms with van der Waals surface area (Å²) >= 11 is 0. The van der Waals surface area contributed by atoms with Crippen LogP contribution in [0.2, 0.25) is 0 Å². The van der Waals surface area contributed by atoms with Crippen LogP contribution in [0.4, 0.5) is 0 Å². The van der Waals surface area contributed by atoms with Crippen molar-refractivity contribution >= 4 is 5.91 Å². The number of aryl methyl sites for hydroxylation is 1. The van der Waals surface area contributed by atoms with Crippen LogP contribution >= 0.6 is 0 Å². The highest BCUT2D eigenvalue weighted by atomic mass is 16.7. The normalized spacial score (nSPS) is 15.6. The Morgan fingerprint density at radius 1 is 1.44 bits per heavy atom. The van der Waals surface area contributed by atoms with E-state index in [1.807, 2.05) is 25.1 Å². The maximum Gasteiger partial charge on any atom is 0.250 e. The van der Waals surface area contributed by atoms with Crippen LogP contribution in [-0.4, -0.2) is 31.2 Å². The SMILES string of the molecule is COc1ccc(C)cc1CC(=O)N1CCCCO1. The first-order valence-electron chi connectivity index (χ1n) is 6.27. The van der Waals surface area contributed by atoms with Gasteiger partial charge in [-0.1, -0.05) is 17.7 Å². The Bertz CT molecular complexity index is 425. The Kier molecular flexibility index (Phi) is 4.20. The van der Waals surface area contributed by atoms with Gasteiger partial charge < -0.3 is 4.74 Å². The molecule has 1 aliphatic heterocycles. The number of nitrogens with zero attached hydrogens (tertiary/aromatic N) is 1. The first-order valence-corrected chi connectivity index (χ1v) is 6.27. The average molecular weight is 249 g/mol. The molecule has 4 heteroatoms. The molecule has 2 rings (SSSR count). The molecule has 1 saturated heterocycles. The summed E-state index contributed by atoms with van der Waals surface area (Å²) in [5, 5.41) is 1.48. The Morgan fingerprint density at radius 2 is 2.28 bits per heavy atom. The van der Waals surface area contributed by atoms with Crippen molar-refractivity contribution < 1.29 is 14.4 Å². The fourth-order valence-corrected chi connectivity index (χ4v) is 2.09. The molecule has 4 nitrogen and oxygen atoms in total. The summed E-state index contributed by atoms with van der Waals surface area (Å²) in [4.78, 5) is 17.5. The van der Waals surface area contributed by atoms with Crippen molar-refractivity contribution in [2.75, 3.05) is 20.3 Å². The molecule has 0 N–H and O–H groups in total. The van der Waals surface area contributed by atoms with Gasteiger partial charge in [0.15, 0.2) is 0 Å². The molecule has 1 aromatic carbocycles. The molecule has 0 radical (unpaired) electrons. The molecule has 0 saturated carbocycles. The quantitative estimate of drug-likeness (QED) is 0.823. The molecule has 0 bridgehead atoms. The standard InChI is InChI=1S/C14H19NO3/c1-11-5-6-13(17-2)12(9-11)10-14(16)15-7-3-4-8-18-15/h5-6,9H,3-4,7-8,10H2,1-2H3. The summed E-state index contributed by atoms with van der Waals surface area (Å²) in [6.45, 7) is 3.33. The third kappa shape index (κ3) is 3.01. The summed E-state index contributed by atoms with van der Waals surface area (Å²) in [5.74, 6) is 0.754. The monoisotopic (exact) mass is 249 g/mol. The number of carbonyl (C=O) groups excluding carboxylic acids is 1. The summed E-state index contributed by atoms with van der Waals surface area (Å²) in [5.41, 5.74) is 2.04. The van der Waals surface area contributed by atoms with Gasteiger partial charge in [-0.15, -0.1) is 0 Å². The van der Waals surface area contributed by atoms with Crippen LogP contribution in [0.25, 0.3) is 0 Å². The zero-order valence-electron chi connectivity index (χ0n) is 10.9. The zero-order chi connectivity index (χ0) is 13.0. The smallest absolute Gasteiger partial charge is 0.250 e.